The van der Waals surface area contributed by atoms with Crippen LogP contribution in [0.25, 0.3) is 0 Å². The van der Waals surface area contributed by atoms with Gasteiger partial charge in [0.2, 0.25) is 5.95 Å². The van der Waals surface area contributed by atoms with Crippen LogP contribution < -0.4 is 19.9 Å². The maximum atomic E-state index is 14.4. The van der Waals surface area contributed by atoms with Gasteiger partial charge >= 0.3 is 6.03 Å². The average Bonchev–Trinajstić information content (AvgIpc) is 3.45. The Bertz CT molecular complexity index is 967. The highest BCUT2D eigenvalue weighted by Crippen LogP contribution is 2.49. The van der Waals surface area contributed by atoms with E-state index in [1.54, 1.807) is 24.5 Å². The lowest BCUT2D eigenvalue weighted by Gasteiger charge is -2.32. The van der Waals surface area contributed by atoms with Crippen molar-refractivity contribution in [2.45, 2.75) is 25.7 Å². The van der Waals surface area contributed by atoms with E-state index in [0.29, 0.717) is 42.1 Å². The van der Waals surface area contributed by atoms with E-state index in [4.69, 9.17) is 16.3 Å². The van der Waals surface area contributed by atoms with Gasteiger partial charge in [-0.15, -0.1) is 0 Å². The Morgan fingerprint density at radius 2 is 1.97 bits per heavy atom. The predicted molar refractivity (Wildman–Crippen MR) is 121 cm³/mol. The van der Waals surface area contributed by atoms with Gasteiger partial charge in [0.1, 0.15) is 5.75 Å². The smallest absolute Gasteiger partial charge is 0.322 e. The first-order valence-corrected chi connectivity index (χ1v) is 11.7. The number of carbonyl (C=O) groups is 1. The second-order valence-electron chi connectivity index (χ2n) is 8.82. The molecule has 0 bridgehead atoms. The van der Waals surface area contributed by atoms with Gasteiger partial charge in [0.25, 0.3) is 0 Å². The average molecular weight is 460 g/mol. The lowest BCUT2D eigenvalue weighted by atomic mass is 9.90. The molecule has 3 heterocycles. The SMILES string of the molecule is O=C1NCCN1c1ccc(OCC[C@H]2C[C@@H]2C2CCN(c3ncc(Cl)cn3)CC2)cc1F. The Kier molecular flexibility index (Phi) is 6.04. The molecule has 9 heteroatoms. The van der Waals surface area contributed by atoms with Crippen molar-refractivity contribution < 1.29 is 13.9 Å². The third kappa shape index (κ3) is 4.60. The number of hydrogen-bond acceptors (Lipinski definition) is 5. The molecule has 1 aliphatic carbocycles. The first-order chi connectivity index (χ1) is 15.6. The number of anilines is 2. The molecule has 2 amide bonds. The monoisotopic (exact) mass is 459 g/mol. The number of ether oxygens (including phenoxy) is 1. The Morgan fingerprint density at radius 1 is 1.19 bits per heavy atom. The van der Waals surface area contributed by atoms with E-state index >= 15 is 0 Å². The molecule has 3 aliphatic rings. The summed E-state index contributed by atoms with van der Waals surface area (Å²) in [6.45, 7) is 3.55. The Balaban J connectivity index is 1.05. The molecule has 5 rings (SSSR count). The minimum absolute atomic E-state index is 0.260. The standard InChI is InChI=1S/C23H27ClFN5O2/c24-17-13-27-22(28-14-17)29-7-3-15(4-8-29)19-11-16(19)5-10-32-18-1-2-21(20(25)12-18)30-9-6-26-23(30)31/h1-2,12-16,19H,3-11H2,(H,26,31)/t16-,19+/m0/s1. The lowest BCUT2D eigenvalue weighted by Crippen LogP contribution is -2.35. The van der Waals surface area contributed by atoms with E-state index in [2.05, 4.69) is 20.2 Å². The molecule has 1 saturated carbocycles. The highest BCUT2D eigenvalue weighted by molar-refractivity contribution is 6.30. The van der Waals surface area contributed by atoms with Gasteiger partial charge in [-0.3, -0.25) is 4.90 Å². The van der Waals surface area contributed by atoms with E-state index in [1.165, 1.54) is 17.4 Å². The first-order valence-electron chi connectivity index (χ1n) is 11.3. The molecule has 1 N–H and O–H groups in total. The van der Waals surface area contributed by atoms with E-state index in [1.807, 2.05) is 0 Å². The molecule has 2 aromatic rings. The Morgan fingerprint density at radius 3 is 2.66 bits per heavy atom. The number of carbonyl (C=O) groups excluding carboxylic acids is 1. The topological polar surface area (TPSA) is 70.6 Å². The van der Waals surface area contributed by atoms with Crippen LogP contribution >= 0.6 is 11.6 Å². The number of piperidine rings is 1. The normalized spacial score (nSPS) is 23.4. The summed E-state index contributed by atoms with van der Waals surface area (Å²) in [6, 6.07) is 4.47. The van der Waals surface area contributed by atoms with Crippen molar-refractivity contribution in [3.63, 3.8) is 0 Å². The number of hydrogen-bond donors (Lipinski definition) is 1. The van der Waals surface area contributed by atoms with E-state index in [-0.39, 0.29) is 6.03 Å². The molecular formula is C23H27ClFN5O2. The number of urea groups is 1. The molecule has 0 radical (unpaired) electrons. The molecule has 2 aliphatic heterocycles. The van der Waals surface area contributed by atoms with Gasteiger partial charge in [-0.1, -0.05) is 11.6 Å². The van der Waals surface area contributed by atoms with E-state index in [0.717, 1.165) is 50.1 Å². The zero-order valence-corrected chi connectivity index (χ0v) is 18.6. The van der Waals surface area contributed by atoms with Crippen LogP contribution in [0, 0.1) is 23.6 Å². The largest absolute Gasteiger partial charge is 0.493 e. The number of halogens is 2. The van der Waals surface area contributed by atoms with Gasteiger partial charge in [0.15, 0.2) is 5.82 Å². The number of rotatable bonds is 7. The molecule has 3 fully saturated rings. The van der Waals surface area contributed by atoms with Gasteiger partial charge in [0, 0.05) is 32.2 Å². The maximum Gasteiger partial charge on any atom is 0.322 e. The number of nitrogens with zero attached hydrogens (tertiary/aromatic N) is 4. The molecule has 7 nitrogen and oxygen atoms in total. The highest BCUT2D eigenvalue weighted by atomic mass is 35.5. The van der Waals surface area contributed by atoms with E-state index in [9.17, 15) is 9.18 Å². The molecular weight excluding hydrogens is 433 g/mol. The van der Waals surface area contributed by atoms with Crippen molar-refractivity contribution in [3.8, 4) is 5.75 Å². The Hall–Kier alpha value is -2.61. The van der Waals surface area contributed by atoms with Gasteiger partial charge in [-0.2, -0.15) is 0 Å². The maximum absolute atomic E-state index is 14.4. The molecule has 1 aromatic heterocycles. The minimum atomic E-state index is -0.430. The third-order valence-electron chi connectivity index (χ3n) is 6.84. The van der Waals surface area contributed by atoms with Gasteiger partial charge in [-0.05, 0) is 55.6 Å². The fourth-order valence-corrected chi connectivity index (χ4v) is 5.10. The molecule has 0 spiro atoms. The van der Waals surface area contributed by atoms with Crippen LogP contribution in [0.2, 0.25) is 5.02 Å². The number of nitrogens with one attached hydrogen (secondary N) is 1. The summed E-state index contributed by atoms with van der Waals surface area (Å²) in [4.78, 5) is 24.0. The molecule has 2 saturated heterocycles. The van der Waals surface area contributed by atoms with Crippen LogP contribution in [0.15, 0.2) is 30.6 Å². The van der Waals surface area contributed by atoms with E-state index < -0.39 is 5.82 Å². The summed E-state index contributed by atoms with van der Waals surface area (Å²) in [5, 5.41) is 3.24. The molecule has 32 heavy (non-hydrogen) atoms. The van der Waals surface area contributed by atoms with Gasteiger partial charge < -0.3 is 15.0 Å². The number of amides is 2. The first kappa shape index (κ1) is 21.2. The zero-order chi connectivity index (χ0) is 22.1. The number of aromatic nitrogens is 2. The zero-order valence-electron chi connectivity index (χ0n) is 17.8. The quantitative estimate of drug-likeness (QED) is 0.674. The fourth-order valence-electron chi connectivity index (χ4n) is 5.00. The fraction of sp³-hybridized carbons (Fsp3) is 0.522. The summed E-state index contributed by atoms with van der Waals surface area (Å²) in [7, 11) is 0. The van der Waals surface area contributed by atoms with Crippen molar-refractivity contribution in [1.82, 2.24) is 15.3 Å². The van der Waals surface area contributed by atoms with Crippen LogP contribution in [0.3, 0.4) is 0 Å². The highest BCUT2D eigenvalue weighted by Gasteiger charge is 2.43. The van der Waals surface area contributed by atoms with Gasteiger partial charge in [-0.25, -0.2) is 19.2 Å². The predicted octanol–water partition coefficient (Wildman–Crippen LogP) is 4.12. The van der Waals surface area contributed by atoms with Crippen molar-refractivity contribution in [2.24, 2.45) is 17.8 Å². The van der Waals surface area contributed by atoms with Crippen LogP contribution in [-0.4, -0.2) is 48.8 Å². The van der Waals surface area contributed by atoms with Crippen LogP contribution in [-0.2, 0) is 0 Å². The van der Waals surface area contributed by atoms with Crippen LogP contribution in [0.4, 0.5) is 20.8 Å². The summed E-state index contributed by atoms with van der Waals surface area (Å²) >= 11 is 5.88. The molecule has 2 atom stereocenters. The minimum Gasteiger partial charge on any atom is -0.493 e. The van der Waals surface area contributed by atoms with Crippen molar-refractivity contribution in [2.75, 3.05) is 42.6 Å². The van der Waals surface area contributed by atoms with Crippen LogP contribution in [0.1, 0.15) is 25.7 Å². The van der Waals surface area contributed by atoms with Crippen molar-refractivity contribution in [3.05, 3.63) is 41.4 Å². The number of benzene rings is 1. The van der Waals surface area contributed by atoms with Crippen LogP contribution in [0.5, 0.6) is 5.75 Å². The second-order valence-corrected chi connectivity index (χ2v) is 9.26. The van der Waals surface area contributed by atoms with Crippen molar-refractivity contribution >= 4 is 29.3 Å². The summed E-state index contributed by atoms with van der Waals surface area (Å²) in [5.74, 6) is 3.04. The Labute approximate surface area is 191 Å². The molecule has 0 unspecified atom stereocenters. The molecule has 1 aromatic carbocycles. The van der Waals surface area contributed by atoms with Gasteiger partial charge in [0.05, 0.1) is 29.7 Å². The lowest BCUT2D eigenvalue weighted by molar-refractivity contribution is 0.252. The van der Waals surface area contributed by atoms with Crippen molar-refractivity contribution in [1.29, 1.82) is 0 Å². The summed E-state index contributed by atoms with van der Waals surface area (Å²) < 4.78 is 20.2. The second kappa shape index (κ2) is 9.10. The third-order valence-corrected chi connectivity index (χ3v) is 7.03. The summed E-state index contributed by atoms with van der Waals surface area (Å²) in [6.07, 6.45) is 7.85. The summed E-state index contributed by atoms with van der Waals surface area (Å²) in [5.41, 5.74) is 0.296. The molecule has 170 valence electrons.